The van der Waals surface area contributed by atoms with Crippen molar-refractivity contribution in [2.45, 2.75) is 11.4 Å². The Hall–Kier alpha value is -3.69. The SMILES string of the molecule is COC(=O)C1=C(C(=O)OC)N(c2ccc(S(=O)(=O)N(C)Cc3ccccc3)cc2)C=CC=C1. The van der Waals surface area contributed by atoms with Crippen molar-refractivity contribution in [2.24, 2.45) is 0 Å². The Morgan fingerprint density at radius 3 is 2.15 bits per heavy atom. The summed E-state index contributed by atoms with van der Waals surface area (Å²) in [6.45, 7) is 0.225. The summed E-state index contributed by atoms with van der Waals surface area (Å²) in [6, 6.07) is 15.3. The Bertz CT molecular complexity index is 1220. The molecular weight excluding hydrogens is 444 g/mol. The van der Waals surface area contributed by atoms with E-state index in [1.807, 2.05) is 30.3 Å². The molecule has 0 unspecified atom stereocenters. The van der Waals surface area contributed by atoms with Crippen LogP contribution in [0.3, 0.4) is 0 Å². The number of methoxy groups -OCH3 is 2. The molecule has 8 nitrogen and oxygen atoms in total. The van der Waals surface area contributed by atoms with Gasteiger partial charge >= 0.3 is 11.9 Å². The molecule has 0 saturated heterocycles. The molecule has 0 saturated carbocycles. The van der Waals surface area contributed by atoms with Gasteiger partial charge in [-0.1, -0.05) is 36.4 Å². The third-order valence-corrected chi connectivity index (χ3v) is 6.78. The van der Waals surface area contributed by atoms with Crippen molar-refractivity contribution < 1.29 is 27.5 Å². The number of carbonyl (C=O) groups excluding carboxylic acids is 2. The number of rotatable bonds is 7. The molecule has 172 valence electrons. The maximum atomic E-state index is 13.0. The van der Waals surface area contributed by atoms with Gasteiger partial charge in [-0.3, -0.25) is 0 Å². The molecule has 1 aliphatic rings. The number of benzene rings is 2. The maximum Gasteiger partial charge on any atom is 0.355 e. The summed E-state index contributed by atoms with van der Waals surface area (Å²) in [6.07, 6.45) is 6.25. The number of hydrogen-bond donors (Lipinski definition) is 0. The number of esters is 2. The van der Waals surface area contributed by atoms with E-state index in [2.05, 4.69) is 0 Å². The van der Waals surface area contributed by atoms with E-state index < -0.39 is 22.0 Å². The predicted octanol–water partition coefficient (Wildman–Crippen LogP) is 3.00. The summed E-state index contributed by atoms with van der Waals surface area (Å²) in [5.74, 6) is -1.45. The highest BCUT2D eigenvalue weighted by atomic mass is 32.2. The number of anilines is 1. The van der Waals surface area contributed by atoms with Gasteiger partial charge in [-0.25, -0.2) is 18.0 Å². The molecular formula is C24H24N2O6S. The van der Waals surface area contributed by atoms with Crippen LogP contribution in [-0.2, 0) is 35.6 Å². The quantitative estimate of drug-likeness (QED) is 0.577. The average molecular weight is 469 g/mol. The molecule has 0 bridgehead atoms. The molecule has 0 amide bonds. The van der Waals surface area contributed by atoms with Crippen molar-refractivity contribution in [3.63, 3.8) is 0 Å². The molecule has 0 atom stereocenters. The number of hydrogen-bond acceptors (Lipinski definition) is 7. The van der Waals surface area contributed by atoms with Gasteiger partial charge in [0.1, 0.15) is 5.70 Å². The van der Waals surface area contributed by atoms with Crippen molar-refractivity contribution in [1.29, 1.82) is 0 Å². The van der Waals surface area contributed by atoms with E-state index in [-0.39, 0.29) is 22.7 Å². The lowest BCUT2D eigenvalue weighted by atomic mass is 10.1. The van der Waals surface area contributed by atoms with Crippen LogP contribution in [0, 0.1) is 0 Å². The third-order valence-electron chi connectivity index (χ3n) is 4.96. The molecule has 0 radical (unpaired) electrons. The zero-order valence-corrected chi connectivity index (χ0v) is 19.3. The summed E-state index contributed by atoms with van der Waals surface area (Å²) >= 11 is 0. The first-order chi connectivity index (χ1) is 15.8. The fourth-order valence-electron chi connectivity index (χ4n) is 3.25. The van der Waals surface area contributed by atoms with Crippen LogP contribution in [-0.4, -0.2) is 45.9 Å². The second-order valence-corrected chi connectivity index (χ2v) is 9.10. The molecule has 3 rings (SSSR count). The van der Waals surface area contributed by atoms with E-state index in [0.29, 0.717) is 5.69 Å². The lowest BCUT2D eigenvalue weighted by molar-refractivity contribution is -0.139. The van der Waals surface area contributed by atoms with E-state index >= 15 is 0 Å². The van der Waals surface area contributed by atoms with Crippen molar-refractivity contribution in [3.05, 3.63) is 95.9 Å². The minimum Gasteiger partial charge on any atom is -0.465 e. The van der Waals surface area contributed by atoms with E-state index in [0.717, 1.165) is 5.56 Å². The number of carbonyl (C=O) groups is 2. The molecule has 2 aromatic carbocycles. The van der Waals surface area contributed by atoms with Crippen LogP contribution in [0.25, 0.3) is 0 Å². The molecule has 0 N–H and O–H groups in total. The number of nitrogens with zero attached hydrogens (tertiary/aromatic N) is 2. The molecule has 1 aliphatic heterocycles. The standard InChI is InChI=1S/C24H24N2O6S/c1-25(17-18-9-5-4-6-10-18)33(29,30)20-14-12-19(13-15-20)26-16-8-7-11-21(23(27)31-2)22(26)24(28)32-3/h4-16H,17H2,1-3H3. The Morgan fingerprint density at radius 1 is 0.909 bits per heavy atom. The van der Waals surface area contributed by atoms with Crippen molar-refractivity contribution >= 4 is 27.6 Å². The summed E-state index contributed by atoms with van der Waals surface area (Å²) in [7, 11) is 0.188. The minimum atomic E-state index is -3.75. The van der Waals surface area contributed by atoms with Gasteiger partial charge in [0.05, 0.1) is 24.7 Å². The summed E-state index contributed by atoms with van der Waals surface area (Å²) in [4.78, 5) is 26.3. The van der Waals surface area contributed by atoms with Gasteiger partial charge in [0.2, 0.25) is 10.0 Å². The first kappa shape index (κ1) is 24.0. The van der Waals surface area contributed by atoms with Crippen molar-refractivity contribution in [2.75, 3.05) is 26.2 Å². The molecule has 1 heterocycles. The van der Waals surface area contributed by atoms with Crippen molar-refractivity contribution in [3.8, 4) is 0 Å². The average Bonchev–Trinajstić information content (AvgIpc) is 3.07. The fourth-order valence-corrected chi connectivity index (χ4v) is 4.41. The van der Waals surface area contributed by atoms with E-state index in [1.165, 1.54) is 48.7 Å². The van der Waals surface area contributed by atoms with Crippen LogP contribution in [0.2, 0.25) is 0 Å². The van der Waals surface area contributed by atoms with Crippen LogP contribution in [0.15, 0.2) is 95.2 Å². The monoisotopic (exact) mass is 468 g/mol. The van der Waals surface area contributed by atoms with Crippen LogP contribution in [0.5, 0.6) is 0 Å². The first-order valence-electron chi connectivity index (χ1n) is 9.95. The Kier molecular flexibility index (Phi) is 7.47. The topological polar surface area (TPSA) is 93.2 Å². The van der Waals surface area contributed by atoms with E-state index in [1.54, 1.807) is 30.5 Å². The molecule has 9 heteroatoms. The molecule has 0 aromatic heterocycles. The molecule has 0 fully saturated rings. The molecule has 0 spiro atoms. The number of ether oxygens (including phenoxy) is 2. The molecule has 0 aliphatic carbocycles. The number of allylic oxidation sites excluding steroid dienone is 2. The summed E-state index contributed by atoms with van der Waals surface area (Å²) < 4.78 is 37.0. The second-order valence-electron chi connectivity index (χ2n) is 7.06. The summed E-state index contributed by atoms with van der Waals surface area (Å²) in [5.41, 5.74) is 1.28. The van der Waals surface area contributed by atoms with Gasteiger partial charge in [-0.05, 0) is 42.0 Å². The zero-order valence-electron chi connectivity index (χ0n) is 18.5. The highest BCUT2D eigenvalue weighted by Gasteiger charge is 2.28. The highest BCUT2D eigenvalue weighted by Crippen LogP contribution is 2.28. The molecule has 33 heavy (non-hydrogen) atoms. The van der Waals surface area contributed by atoms with Crippen LogP contribution in [0.1, 0.15) is 5.56 Å². The normalized spacial score (nSPS) is 13.8. The largest absolute Gasteiger partial charge is 0.465 e. The molecule has 2 aromatic rings. The smallest absolute Gasteiger partial charge is 0.355 e. The van der Waals surface area contributed by atoms with Crippen LogP contribution >= 0.6 is 0 Å². The maximum absolute atomic E-state index is 13.0. The fraction of sp³-hybridized carbons (Fsp3) is 0.167. The Balaban J connectivity index is 1.95. The van der Waals surface area contributed by atoms with Gasteiger partial charge in [0.15, 0.2) is 0 Å². The lowest BCUT2D eigenvalue weighted by Crippen LogP contribution is -2.28. The van der Waals surface area contributed by atoms with Gasteiger partial charge < -0.3 is 14.4 Å². The van der Waals surface area contributed by atoms with Crippen LogP contribution in [0.4, 0.5) is 5.69 Å². The van der Waals surface area contributed by atoms with Gasteiger partial charge in [-0.15, -0.1) is 0 Å². The summed E-state index contributed by atoms with van der Waals surface area (Å²) in [5, 5.41) is 0. The van der Waals surface area contributed by atoms with E-state index in [9.17, 15) is 18.0 Å². The second kappa shape index (κ2) is 10.3. The third kappa shape index (κ3) is 5.21. The van der Waals surface area contributed by atoms with E-state index in [4.69, 9.17) is 9.47 Å². The van der Waals surface area contributed by atoms with Gasteiger partial charge in [0, 0.05) is 25.5 Å². The van der Waals surface area contributed by atoms with Gasteiger partial charge in [-0.2, -0.15) is 4.31 Å². The predicted molar refractivity (Wildman–Crippen MR) is 123 cm³/mol. The highest BCUT2D eigenvalue weighted by molar-refractivity contribution is 7.89. The van der Waals surface area contributed by atoms with Crippen molar-refractivity contribution in [1.82, 2.24) is 4.31 Å². The first-order valence-corrected chi connectivity index (χ1v) is 11.4. The Labute approximate surface area is 193 Å². The Morgan fingerprint density at radius 2 is 1.55 bits per heavy atom. The van der Waals surface area contributed by atoms with Gasteiger partial charge in [0.25, 0.3) is 0 Å². The number of sulfonamides is 1. The zero-order chi connectivity index (χ0) is 24.0. The minimum absolute atomic E-state index is 0.00800. The van der Waals surface area contributed by atoms with Crippen LogP contribution < -0.4 is 4.90 Å². The lowest BCUT2D eigenvalue weighted by Gasteiger charge is -2.23.